The van der Waals surface area contributed by atoms with Crippen LogP contribution in [0.25, 0.3) is 5.65 Å². The number of carboxylic acids is 1. The van der Waals surface area contributed by atoms with Gasteiger partial charge in [-0.3, -0.25) is 0 Å². The van der Waals surface area contributed by atoms with Crippen molar-refractivity contribution in [1.29, 1.82) is 0 Å². The van der Waals surface area contributed by atoms with Crippen molar-refractivity contribution in [2.75, 3.05) is 12.4 Å². The first-order chi connectivity index (χ1) is 8.32. The predicted molar refractivity (Wildman–Crippen MR) is 68.2 cm³/mol. The molecule has 2 aromatic heterocycles. The van der Waals surface area contributed by atoms with E-state index < -0.39 is 5.97 Å². The normalized spacial score (nSPS) is 11.8. The Labute approximate surface area is 105 Å². The fraction of sp³-hybridized carbons (Fsp3) is 0.417. The molecule has 6 heteroatoms. The molecule has 2 rings (SSSR count). The van der Waals surface area contributed by atoms with E-state index in [0.29, 0.717) is 11.5 Å². The molecule has 96 valence electrons. The molecular weight excluding hydrogens is 232 g/mol. The van der Waals surface area contributed by atoms with Gasteiger partial charge in [0.05, 0.1) is 5.69 Å². The Bertz CT molecular complexity index is 610. The van der Waals surface area contributed by atoms with Crippen LogP contribution < -0.4 is 5.32 Å². The second kappa shape index (κ2) is 3.97. The van der Waals surface area contributed by atoms with E-state index in [0.717, 1.165) is 5.69 Å². The Kier molecular flexibility index (Phi) is 2.73. The smallest absolute Gasteiger partial charge is 0.354 e. The summed E-state index contributed by atoms with van der Waals surface area (Å²) in [6.07, 6.45) is 0. The van der Waals surface area contributed by atoms with Crippen molar-refractivity contribution < 1.29 is 9.90 Å². The molecule has 0 aromatic carbocycles. The van der Waals surface area contributed by atoms with Crippen LogP contribution in [0.15, 0.2) is 12.1 Å². The highest BCUT2D eigenvalue weighted by Gasteiger charge is 2.20. The summed E-state index contributed by atoms with van der Waals surface area (Å²) in [5.74, 6) is -0.444. The lowest BCUT2D eigenvalue weighted by Crippen LogP contribution is -2.12. The monoisotopic (exact) mass is 248 g/mol. The number of nitrogens with one attached hydrogen (secondary N) is 1. The first-order valence-corrected chi connectivity index (χ1v) is 5.65. The zero-order valence-corrected chi connectivity index (χ0v) is 10.9. The summed E-state index contributed by atoms with van der Waals surface area (Å²) >= 11 is 0. The molecule has 2 heterocycles. The predicted octanol–water partition coefficient (Wildman–Crippen LogP) is 1.77. The van der Waals surface area contributed by atoms with E-state index >= 15 is 0 Å². The average Bonchev–Trinajstić information content (AvgIpc) is 2.70. The minimum Gasteiger partial charge on any atom is -0.477 e. The van der Waals surface area contributed by atoms with E-state index in [-0.39, 0.29) is 11.1 Å². The topological polar surface area (TPSA) is 79.5 Å². The molecular formula is C12H16N4O2. The maximum absolute atomic E-state index is 11.0. The number of fused-ring (bicyclic) bond motifs is 1. The molecule has 2 N–H and O–H groups in total. The van der Waals surface area contributed by atoms with Crippen LogP contribution in [-0.2, 0) is 5.41 Å². The van der Waals surface area contributed by atoms with Crippen molar-refractivity contribution in [2.45, 2.75) is 26.2 Å². The second-order valence-electron chi connectivity index (χ2n) is 5.13. The summed E-state index contributed by atoms with van der Waals surface area (Å²) in [4.78, 5) is 15.1. The maximum atomic E-state index is 11.0. The number of hydrogen-bond acceptors (Lipinski definition) is 4. The average molecular weight is 248 g/mol. The SMILES string of the molecule is CNc1cc(C(=O)O)nc2cc(C(C)(C)C)nn12. The Morgan fingerprint density at radius 2 is 2.06 bits per heavy atom. The molecule has 0 aliphatic heterocycles. The third-order valence-corrected chi connectivity index (χ3v) is 2.67. The fourth-order valence-electron chi connectivity index (χ4n) is 1.63. The first kappa shape index (κ1) is 12.3. The quantitative estimate of drug-likeness (QED) is 0.846. The van der Waals surface area contributed by atoms with Gasteiger partial charge in [-0.1, -0.05) is 20.8 Å². The summed E-state index contributed by atoms with van der Waals surface area (Å²) in [5.41, 5.74) is 1.30. The lowest BCUT2D eigenvalue weighted by Gasteiger charge is -2.13. The summed E-state index contributed by atoms with van der Waals surface area (Å²) < 4.78 is 1.62. The van der Waals surface area contributed by atoms with E-state index in [1.54, 1.807) is 11.6 Å². The number of aromatic carboxylic acids is 1. The Morgan fingerprint density at radius 1 is 1.39 bits per heavy atom. The van der Waals surface area contributed by atoms with Crippen molar-refractivity contribution in [3.63, 3.8) is 0 Å². The highest BCUT2D eigenvalue weighted by Crippen LogP contribution is 2.23. The largest absolute Gasteiger partial charge is 0.477 e. The molecule has 0 atom stereocenters. The highest BCUT2D eigenvalue weighted by molar-refractivity contribution is 5.87. The van der Waals surface area contributed by atoms with Gasteiger partial charge in [-0.25, -0.2) is 9.78 Å². The number of hydrogen-bond donors (Lipinski definition) is 2. The maximum Gasteiger partial charge on any atom is 0.354 e. The zero-order valence-electron chi connectivity index (χ0n) is 10.9. The lowest BCUT2D eigenvalue weighted by atomic mass is 9.93. The van der Waals surface area contributed by atoms with E-state index in [1.165, 1.54) is 6.07 Å². The van der Waals surface area contributed by atoms with Crippen LogP contribution >= 0.6 is 0 Å². The molecule has 0 aliphatic carbocycles. The molecule has 0 radical (unpaired) electrons. The minimum atomic E-state index is -1.05. The van der Waals surface area contributed by atoms with Gasteiger partial charge in [-0.2, -0.15) is 9.61 Å². The van der Waals surface area contributed by atoms with Crippen LogP contribution in [0.3, 0.4) is 0 Å². The van der Waals surface area contributed by atoms with E-state index in [2.05, 4.69) is 15.4 Å². The van der Waals surface area contributed by atoms with Gasteiger partial charge in [0.25, 0.3) is 0 Å². The Balaban J connectivity index is 2.71. The van der Waals surface area contributed by atoms with Crippen molar-refractivity contribution in [1.82, 2.24) is 14.6 Å². The molecule has 0 bridgehead atoms. The molecule has 0 aliphatic rings. The number of aromatic nitrogens is 3. The third kappa shape index (κ3) is 2.01. The molecule has 2 aromatic rings. The molecule has 0 amide bonds. The van der Waals surface area contributed by atoms with Gasteiger partial charge in [0.2, 0.25) is 0 Å². The third-order valence-electron chi connectivity index (χ3n) is 2.67. The van der Waals surface area contributed by atoms with Crippen molar-refractivity contribution in [3.8, 4) is 0 Å². The van der Waals surface area contributed by atoms with E-state index in [9.17, 15) is 4.79 Å². The highest BCUT2D eigenvalue weighted by atomic mass is 16.4. The van der Waals surface area contributed by atoms with Gasteiger partial charge in [-0.15, -0.1) is 0 Å². The van der Waals surface area contributed by atoms with Crippen LogP contribution in [0, 0.1) is 0 Å². The number of nitrogens with zero attached hydrogens (tertiary/aromatic N) is 3. The van der Waals surface area contributed by atoms with E-state index in [1.807, 2.05) is 26.8 Å². The standard InChI is InChI=1S/C12H16N4O2/c1-12(2,3)8-6-10-14-7(11(17)18)5-9(13-4)16(10)15-8/h5-6,13H,1-4H3,(H,17,18). The fourth-order valence-corrected chi connectivity index (χ4v) is 1.63. The summed E-state index contributed by atoms with van der Waals surface area (Å²) in [6, 6.07) is 3.28. The number of rotatable bonds is 2. The Morgan fingerprint density at radius 3 is 2.56 bits per heavy atom. The molecule has 0 unspecified atom stereocenters. The van der Waals surface area contributed by atoms with Gasteiger partial charge in [0.1, 0.15) is 5.82 Å². The number of carbonyl (C=O) groups is 1. The minimum absolute atomic E-state index is 0.00668. The van der Waals surface area contributed by atoms with Crippen LogP contribution in [0.1, 0.15) is 37.0 Å². The van der Waals surface area contributed by atoms with Gasteiger partial charge < -0.3 is 10.4 Å². The summed E-state index contributed by atoms with van der Waals surface area (Å²) in [6.45, 7) is 6.14. The number of carboxylic acid groups (broad SMARTS) is 1. The summed E-state index contributed by atoms with van der Waals surface area (Å²) in [7, 11) is 1.72. The van der Waals surface area contributed by atoms with E-state index in [4.69, 9.17) is 5.11 Å². The van der Waals surface area contributed by atoms with Gasteiger partial charge in [0, 0.05) is 24.6 Å². The molecule has 0 spiro atoms. The zero-order chi connectivity index (χ0) is 13.5. The second-order valence-corrected chi connectivity index (χ2v) is 5.13. The van der Waals surface area contributed by atoms with Crippen molar-refractivity contribution in [3.05, 3.63) is 23.5 Å². The van der Waals surface area contributed by atoms with Gasteiger partial charge in [-0.05, 0) is 0 Å². The first-order valence-electron chi connectivity index (χ1n) is 5.65. The van der Waals surface area contributed by atoms with Crippen LogP contribution in [0.5, 0.6) is 0 Å². The van der Waals surface area contributed by atoms with Crippen LogP contribution in [0.2, 0.25) is 0 Å². The van der Waals surface area contributed by atoms with Gasteiger partial charge in [0.15, 0.2) is 11.3 Å². The van der Waals surface area contributed by atoms with Crippen LogP contribution in [0.4, 0.5) is 5.82 Å². The molecule has 0 saturated heterocycles. The summed E-state index contributed by atoms with van der Waals surface area (Å²) in [5, 5.41) is 16.4. The molecule has 18 heavy (non-hydrogen) atoms. The molecule has 0 fully saturated rings. The number of anilines is 1. The Hall–Kier alpha value is -2.11. The molecule has 6 nitrogen and oxygen atoms in total. The lowest BCUT2D eigenvalue weighted by molar-refractivity contribution is 0.0690. The van der Waals surface area contributed by atoms with Crippen LogP contribution in [-0.4, -0.2) is 32.7 Å². The molecule has 0 saturated carbocycles. The van der Waals surface area contributed by atoms with Gasteiger partial charge >= 0.3 is 5.97 Å². The van der Waals surface area contributed by atoms with Crippen molar-refractivity contribution >= 4 is 17.4 Å². The van der Waals surface area contributed by atoms with Crippen molar-refractivity contribution in [2.24, 2.45) is 0 Å².